The number of piperidine rings is 1. The standard InChI is InChI=1S/C17H26N2O3/c1-13(20)15-4-3-11-19(12-15)17(21)18-10-9-14-5-7-16(22-2)8-6-14/h5-8,13,15,20H,3-4,9-12H2,1-2H3,(H,18,21). The number of aliphatic hydroxyl groups excluding tert-OH is 1. The van der Waals surface area contributed by atoms with Gasteiger partial charge in [0.05, 0.1) is 13.2 Å². The minimum Gasteiger partial charge on any atom is -0.497 e. The van der Waals surface area contributed by atoms with Crippen molar-refractivity contribution in [2.45, 2.75) is 32.3 Å². The maximum Gasteiger partial charge on any atom is 0.317 e. The van der Waals surface area contributed by atoms with E-state index in [-0.39, 0.29) is 18.1 Å². The zero-order valence-corrected chi connectivity index (χ0v) is 13.4. The van der Waals surface area contributed by atoms with Crippen LogP contribution < -0.4 is 10.1 Å². The van der Waals surface area contributed by atoms with E-state index in [0.717, 1.165) is 31.6 Å². The molecule has 5 nitrogen and oxygen atoms in total. The van der Waals surface area contributed by atoms with Crippen LogP contribution in [0.4, 0.5) is 4.79 Å². The van der Waals surface area contributed by atoms with Crippen molar-refractivity contribution in [2.75, 3.05) is 26.7 Å². The number of nitrogens with one attached hydrogen (secondary N) is 1. The van der Waals surface area contributed by atoms with Gasteiger partial charge in [0, 0.05) is 25.6 Å². The van der Waals surface area contributed by atoms with Crippen molar-refractivity contribution in [3.63, 3.8) is 0 Å². The van der Waals surface area contributed by atoms with Crippen molar-refractivity contribution in [1.82, 2.24) is 10.2 Å². The molecule has 2 unspecified atom stereocenters. The van der Waals surface area contributed by atoms with E-state index < -0.39 is 0 Å². The topological polar surface area (TPSA) is 61.8 Å². The fraction of sp³-hybridized carbons (Fsp3) is 0.588. The lowest BCUT2D eigenvalue weighted by Crippen LogP contribution is -2.47. The Morgan fingerprint density at radius 3 is 2.82 bits per heavy atom. The number of nitrogens with zero attached hydrogens (tertiary/aromatic N) is 1. The smallest absolute Gasteiger partial charge is 0.317 e. The third-order valence-electron chi connectivity index (χ3n) is 4.28. The van der Waals surface area contributed by atoms with Gasteiger partial charge in [0.25, 0.3) is 0 Å². The van der Waals surface area contributed by atoms with Gasteiger partial charge in [-0.05, 0) is 43.9 Å². The second-order valence-electron chi connectivity index (χ2n) is 5.92. The summed E-state index contributed by atoms with van der Waals surface area (Å²) in [4.78, 5) is 14.0. The molecular weight excluding hydrogens is 280 g/mol. The Balaban J connectivity index is 1.75. The number of aliphatic hydroxyl groups is 1. The molecule has 0 saturated carbocycles. The lowest BCUT2D eigenvalue weighted by atomic mass is 9.94. The molecule has 22 heavy (non-hydrogen) atoms. The van der Waals surface area contributed by atoms with Crippen LogP contribution in [0.3, 0.4) is 0 Å². The predicted octanol–water partition coefficient (Wildman–Crippen LogP) is 2.04. The van der Waals surface area contributed by atoms with Gasteiger partial charge in [-0.2, -0.15) is 0 Å². The minimum absolute atomic E-state index is 0.0288. The fourth-order valence-electron chi connectivity index (χ4n) is 2.81. The van der Waals surface area contributed by atoms with E-state index in [1.54, 1.807) is 14.0 Å². The van der Waals surface area contributed by atoms with Crippen LogP contribution in [0.25, 0.3) is 0 Å². The van der Waals surface area contributed by atoms with Crippen molar-refractivity contribution < 1.29 is 14.6 Å². The second kappa shape index (κ2) is 8.03. The van der Waals surface area contributed by atoms with Gasteiger partial charge in [-0.3, -0.25) is 0 Å². The molecule has 1 aliphatic rings. The number of carbonyl (C=O) groups is 1. The molecule has 1 aromatic carbocycles. The third-order valence-corrected chi connectivity index (χ3v) is 4.28. The molecule has 0 aromatic heterocycles. The Morgan fingerprint density at radius 1 is 1.45 bits per heavy atom. The van der Waals surface area contributed by atoms with Crippen LogP contribution in [0.15, 0.2) is 24.3 Å². The normalized spacial score (nSPS) is 19.6. The van der Waals surface area contributed by atoms with Crippen LogP contribution in [0.2, 0.25) is 0 Å². The highest BCUT2D eigenvalue weighted by Gasteiger charge is 2.26. The molecule has 0 aliphatic carbocycles. The number of hydrogen-bond acceptors (Lipinski definition) is 3. The highest BCUT2D eigenvalue weighted by atomic mass is 16.5. The highest BCUT2D eigenvalue weighted by Crippen LogP contribution is 2.19. The number of amides is 2. The van der Waals surface area contributed by atoms with Crippen LogP contribution >= 0.6 is 0 Å². The second-order valence-corrected chi connectivity index (χ2v) is 5.92. The van der Waals surface area contributed by atoms with Crippen LogP contribution in [0.1, 0.15) is 25.3 Å². The Labute approximate surface area is 132 Å². The first-order chi connectivity index (χ1) is 10.6. The summed E-state index contributed by atoms with van der Waals surface area (Å²) in [5.74, 6) is 1.03. The average molecular weight is 306 g/mol. The molecule has 0 bridgehead atoms. The summed E-state index contributed by atoms with van der Waals surface area (Å²) in [7, 11) is 1.65. The van der Waals surface area contributed by atoms with Crippen LogP contribution in [0.5, 0.6) is 5.75 Å². The van der Waals surface area contributed by atoms with E-state index in [9.17, 15) is 9.90 Å². The Bertz CT molecular complexity index is 473. The number of urea groups is 1. The summed E-state index contributed by atoms with van der Waals surface area (Å²) in [6, 6.07) is 7.84. The average Bonchev–Trinajstić information content (AvgIpc) is 2.55. The van der Waals surface area contributed by atoms with E-state index >= 15 is 0 Å². The van der Waals surface area contributed by atoms with Crippen molar-refractivity contribution in [3.05, 3.63) is 29.8 Å². The number of carbonyl (C=O) groups excluding carboxylic acids is 1. The van der Waals surface area contributed by atoms with Crippen molar-refractivity contribution in [1.29, 1.82) is 0 Å². The Morgan fingerprint density at radius 2 is 2.18 bits per heavy atom. The summed E-state index contributed by atoms with van der Waals surface area (Å²) in [5, 5.41) is 12.6. The summed E-state index contributed by atoms with van der Waals surface area (Å²) in [5.41, 5.74) is 1.17. The van der Waals surface area contributed by atoms with E-state index in [1.165, 1.54) is 5.56 Å². The predicted molar refractivity (Wildman–Crippen MR) is 86.1 cm³/mol. The first-order valence-electron chi connectivity index (χ1n) is 7.94. The van der Waals surface area contributed by atoms with Crippen molar-refractivity contribution >= 4 is 6.03 Å². The van der Waals surface area contributed by atoms with Crippen LogP contribution in [0, 0.1) is 5.92 Å². The molecular formula is C17H26N2O3. The van der Waals surface area contributed by atoms with E-state index in [1.807, 2.05) is 29.2 Å². The molecule has 5 heteroatoms. The fourth-order valence-corrected chi connectivity index (χ4v) is 2.81. The van der Waals surface area contributed by atoms with Crippen molar-refractivity contribution in [3.8, 4) is 5.75 Å². The van der Waals surface area contributed by atoms with Gasteiger partial charge in [0.1, 0.15) is 5.75 Å². The summed E-state index contributed by atoms with van der Waals surface area (Å²) in [6.07, 6.45) is 2.40. The zero-order valence-electron chi connectivity index (χ0n) is 13.4. The zero-order chi connectivity index (χ0) is 15.9. The van der Waals surface area contributed by atoms with Crippen LogP contribution in [-0.4, -0.2) is 48.9 Å². The van der Waals surface area contributed by atoms with Gasteiger partial charge in [0.2, 0.25) is 0 Å². The molecule has 2 rings (SSSR count). The molecule has 1 aromatic rings. The molecule has 1 saturated heterocycles. The first kappa shape index (κ1) is 16.6. The highest BCUT2D eigenvalue weighted by molar-refractivity contribution is 5.74. The van der Waals surface area contributed by atoms with E-state index in [4.69, 9.17) is 4.74 Å². The first-order valence-corrected chi connectivity index (χ1v) is 7.94. The third kappa shape index (κ3) is 4.63. The van der Waals surface area contributed by atoms with Crippen molar-refractivity contribution in [2.24, 2.45) is 5.92 Å². The van der Waals surface area contributed by atoms with Gasteiger partial charge in [-0.1, -0.05) is 12.1 Å². The van der Waals surface area contributed by atoms with Gasteiger partial charge < -0.3 is 20.1 Å². The Hall–Kier alpha value is -1.75. The maximum atomic E-state index is 12.2. The molecule has 1 fully saturated rings. The number of benzene rings is 1. The Kier molecular flexibility index (Phi) is 6.07. The maximum absolute atomic E-state index is 12.2. The summed E-state index contributed by atoms with van der Waals surface area (Å²) >= 11 is 0. The molecule has 0 spiro atoms. The summed E-state index contributed by atoms with van der Waals surface area (Å²) in [6.45, 7) is 3.83. The quantitative estimate of drug-likeness (QED) is 0.875. The molecule has 2 N–H and O–H groups in total. The van der Waals surface area contributed by atoms with Gasteiger partial charge >= 0.3 is 6.03 Å². The lowest BCUT2D eigenvalue weighted by Gasteiger charge is -2.34. The van der Waals surface area contributed by atoms with Gasteiger partial charge in [0.15, 0.2) is 0 Å². The lowest BCUT2D eigenvalue weighted by molar-refractivity contribution is 0.0740. The monoisotopic (exact) mass is 306 g/mol. The molecule has 0 radical (unpaired) electrons. The number of likely N-dealkylation sites (tertiary alicyclic amines) is 1. The molecule has 2 atom stereocenters. The van der Waals surface area contributed by atoms with E-state index in [2.05, 4.69) is 5.32 Å². The summed E-state index contributed by atoms with van der Waals surface area (Å²) < 4.78 is 5.12. The molecule has 122 valence electrons. The number of hydrogen-bond donors (Lipinski definition) is 2. The van der Waals surface area contributed by atoms with Gasteiger partial charge in [-0.15, -0.1) is 0 Å². The SMILES string of the molecule is COc1ccc(CCNC(=O)N2CCCC(C(C)O)C2)cc1. The minimum atomic E-state index is -0.352. The molecule has 1 aliphatic heterocycles. The number of ether oxygens (including phenoxy) is 1. The van der Waals surface area contributed by atoms with Gasteiger partial charge in [-0.25, -0.2) is 4.79 Å². The number of methoxy groups -OCH3 is 1. The number of rotatable bonds is 5. The van der Waals surface area contributed by atoms with Crippen LogP contribution in [-0.2, 0) is 6.42 Å². The molecule has 2 amide bonds. The van der Waals surface area contributed by atoms with E-state index in [0.29, 0.717) is 13.1 Å². The molecule has 1 heterocycles. The largest absolute Gasteiger partial charge is 0.497 e.